The second kappa shape index (κ2) is 20.2. The number of aliphatic hydroxyl groups is 1. The number of amides is 1. The van der Waals surface area contributed by atoms with Crippen molar-refractivity contribution in [3.8, 4) is 0 Å². The van der Waals surface area contributed by atoms with Gasteiger partial charge in [-0.25, -0.2) is 0 Å². The first-order valence-corrected chi connectivity index (χ1v) is 10.9. The van der Waals surface area contributed by atoms with Gasteiger partial charge in [0.15, 0.2) is 0 Å². The van der Waals surface area contributed by atoms with Crippen molar-refractivity contribution < 1.29 is 9.90 Å². The molecular weight excluding hydrogens is 322 g/mol. The highest BCUT2D eigenvalue weighted by Gasteiger charge is 2.04. The molecular formula is C23H43NO2. The molecule has 1 amide bonds. The molecule has 0 saturated heterocycles. The van der Waals surface area contributed by atoms with Crippen molar-refractivity contribution in [1.29, 1.82) is 0 Å². The Hall–Kier alpha value is -1.09. The third kappa shape index (κ3) is 19.2. The fourth-order valence-corrected chi connectivity index (χ4v) is 3.01. The lowest BCUT2D eigenvalue weighted by atomic mass is 9.96. The first-order valence-electron chi connectivity index (χ1n) is 10.9. The van der Waals surface area contributed by atoms with E-state index in [0.717, 1.165) is 25.2 Å². The Kier molecular flexibility index (Phi) is 19.4. The molecule has 0 radical (unpaired) electrons. The predicted molar refractivity (Wildman–Crippen MR) is 113 cm³/mol. The molecule has 0 bridgehead atoms. The molecule has 0 saturated carbocycles. The van der Waals surface area contributed by atoms with Gasteiger partial charge in [-0.15, -0.1) is 0 Å². The molecule has 0 aromatic rings. The Balaban J connectivity index is 3.35. The van der Waals surface area contributed by atoms with Crippen LogP contribution in [0.2, 0.25) is 0 Å². The third-order valence-corrected chi connectivity index (χ3v) is 4.66. The van der Waals surface area contributed by atoms with Crippen LogP contribution in [-0.4, -0.2) is 24.2 Å². The summed E-state index contributed by atoms with van der Waals surface area (Å²) in [6.45, 7) is 4.91. The Morgan fingerprint density at radius 1 is 0.885 bits per heavy atom. The Labute approximate surface area is 162 Å². The summed E-state index contributed by atoms with van der Waals surface area (Å²) < 4.78 is 0. The average Bonchev–Trinajstić information content (AvgIpc) is 2.64. The van der Waals surface area contributed by atoms with Gasteiger partial charge in [-0.05, 0) is 57.3 Å². The van der Waals surface area contributed by atoms with Gasteiger partial charge >= 0.3 is 0 Å². The molecule has 0 aromatic carbocycles. The summed E-state index contributed by atoms with van der Waals surface area (Å²) in [4.78, 5) is 11.4. The molecule has 26 heavy (non-hydrogen) atoms. The molecule has 0 heterocycles. The molecule has 3 nitrogen and oxygen atoms in total. The van der Waals surface area contributed by atoms with Gasteiger partial charge in [0.25, 0.3) is 0 Å². The van der Waals surface area contributed by atoms with Crippen LogP contribution in [0.3, 0.4) is 0 Å². The maximum atomic E-state index is 11.4. The number of allylic oxidation sites excluding steroid dienone is 4. The van der Waals surface area contributed by atoms with Gasteiger partial charge in [-0.2, -0.15) is 0 Å². The monoisotopic (exact) mass is 365 g/mol. The number of carbonyl (C=O) groups is 1. The van der Waals surface area contributed by atoms with Crippen LogP contribution in [0.1, 0.15) is 97.3 Å². The van der Waals surface area contributed by atoms with Gasteiger partial charge < -0.3 is 10.4 Å². The van der Waals surface area contributed by atoms with Crippen molar-refractivity contribution in [2.45, 2.75) is 97.3 Å². The largest absolute Gasteiger partial charge is 0.395 e. The molecule has 0 unspecified atom stereocenters. The maximum Gasteiger partial charge on any atom is 0.220 e. The van der Waals surface area contributed by atoms with Crippen LogP contribution in [0.15, 0.2) is 24.3 Å². The lowest BCUT2D eigenvalue weighted by Crippen LogP contribution is -2.25. The first-order chi connectivity index (χ1) is 12.7. The van der Waals surface area contributed by atoms with Crippen molar-refractivity contribution in [2.24, 2.45) is 5.92 Å². The Morgan fingerprint density at radius 2 is 1.42 bits per heavy atom. The summed E-state index contributed by atoms with van der Waals surface area (Å²) in [7, 11) is 0. The molecule has 1 atom stereocenters. The molecule has 152 valence electrons. The minimum atomic E-state index is 0.0224. The maximum absolute atomic E-state index is 11.4. The lowest BCUT2D eigenvalue weighted by molar-refractivity contribution is -0.121. The summed E-state index contributed by atoms with van der Waals surface area (Å²) >= 11 is 0. The van der Waals surface area contributed by atoms with Crippen molar-refractivity contribution in [3.63, 3.8) is 0 Å². The first kappa shape index (κ1) is 24.9. The van der Waals surface area contributed by atoms with Gasteiger partial charge in [0.05, 0.1) is 6.61 Å². The summed E-state index contributed by atoms with van der Waals surface area (Å²) in [5.41, 5.74) is 0. The van der Waals surface area contributed by atoms with E-state index in [-0.39, 0.29) is 12.5 Å². The second-order valence-electron chi connectivity index (χ2n) is 7.34. The van der Waals surface area contributed by atoms with E-state index in [1.807, 2.05) is 0 Å². The van der Waals surface area contributed by atoms with Crippen LogP contribution in [0.25, 0.3) is 0 Å². The number of unbranched alkanes of at least 4 members (excludes halogenated alkanes) is 6. The molecule has 2 N–H and O–H groups in total. The third-order valence-electron chi connectivity index (χ3n) is 4.66. The number of hydrogen-bond acceptors (Lipinski definition) is 2. The highest BCUT2D eigenvalue weighted by molar-refractivity contribution is 5.75. The van der Waals surface area contributed by atoms with Crippen LogP contribution in [0.5, 0.6) is 0 Å². The molecule has 3 heteroatoms. The van der Waals surface area contributed by atoms with E-state index >= 15 is 0 Å². The van der Waals surface area contributed by atoms with Crippen LogP contribution in [-0.2, 0) is 4.79 Å². The zero-order chi connectivity index (χ0) is 19.3. The summed E-state index contributed by atoms with van der Waals surface area (Å²) in [6, 6.07) is 0. The van der Waals surface area contributed by atoms with Crippen molar-refractivity contribution >= 4 is 5.91 Å². The number of aliphatic hydroxyl groups excluding tert-OH is 1. The van der Waals surface area contributed by atoms with E-state index < -0.39 is 0 Å². The quantitative estimate of drug-likeness (QED) is 0.233. The molecule has 0 aliphatic carbocycles. The molecule has 0 aliphatic heterocycles. The van der Waals surface area contributed by atoms with E-state index in [2.05, 4.69) is 43.5 Å². The fourth-order valence-electron chi connectivity index (χ4n) is 3.01. The van der Waals surface area contributed by atoms with Gasteiger partial charge in [-0.3, -0.25) is 4.79 Å². The topological polar surface area (TPSA) is 49.3 Å². The molecule has 0 rings (SSSR count). The van der Waals surface area contributed by atoms with E-state index in [1.165, 1.54) is 57.8 Å². The standard InChI is InChI=1S/C23H43NO2/c1-3-4-5-6-7-8-9-10-11-12-13-14-17-22(2)18-15-16-19-23(26)24-20-21-25/h4-5,10-11,22,25H,3,6-9,12-21H2,1-2H3,(H,24,26)/b5-4+,11-10+/t22-/m0/s1. The minimum Gasteiger partial charge on any atom is -0.395 e. The fraction of sp³-hybridized carbons (Fsp3) is 0.783. The smallest absolute Gasteiger partial charge is 0.220 e. The van der Waals surface area contributed by atoms with Crippen LogP contribution in [0, 0.1) is 5.92 Å². The highest BCUT2D eigenvalue weighted by Crippen LogP contribution is 2.17. The SMILES string of the molecule is CC/C=C/CCCC/C=C/CCCC[C@H](C)CCCCC(=O)NCCO. The van der Waals surface area contributed by atoms with E-state index in [4.69, 9.17) is 5.11 Å². The van der Waals surface area contributed by atoms with E-state index in [9.17, 15) is 4.79 Å². The number of hydrogen-bond donors (Lipinski definition) is 2. The number of carbonyl (C=O) groups excluding carboxylic acids is 1. The van der Waals surface area contributed by atoms with E-state index in [0.29, 0.717) is 13.0 Å². The zero-order valence-electron chi connectivity index (χ0n) is 17.3. The summed E-state index contributed by atoms with van der Waals surface area (Å²) in [5, 5.41) is 11.3. The molecule has 0 aromatic heterocycles. The Bertz CT molecular complexity index is 363. The zero-order valence-corrected chi connectivity index (χ0v) is 17.3. The van der Waals surface area contributed by atoms with Crippen LogP contribution in [0.4, 0.5) is 0 Å². The van der Waals surface area contributed by atoms with Gasteiger partial charge in [-0.1, -0.05) is 63.8 Å². The summed E-state index contributed by atoms with van der Waals surface area (Å²) in [5.74, 6) is 0.826. The second-order valence-corrected chi connectivity index (χ2v) is 7.34. The predicted octanol–water partition coefficient (Wildman–Crippen LogP) is 5.93. The minimum absolute atomic E-state index is 0.0224. The van der Waals surface area contributed by atoms with Gasteiger partial charge in [0, 0.05) is 13.0 Å². The van der Waals surface area contributed by atoms with Crippen LogP contribution < -0.4 is 5.32 Å². The lowest BCUT2D eigenvalue weighted by Gasteiger charge is -2.10. The highest BCUT2D eigenvalue weighted by atomic mass is 16.3. The van der Waals surface area contributed by atoms with Crippen molar-refractivity contribution in [2.75, 3.05) is 13.2 Å². The Morgan fingerprint density at radius 3 is 2.00 bits per heavy atom. The van der Waals surface area contributed by atoms with Crippen LogP contribution >= 0.6 is 0 Å². The van der Waals surface area contributed by atoms with E-state index in [1.54, 1.807) is 0 Å². The number of nitrogens with one attached hydrogen (secondary N) is 1. The molecule has 0 spiro atoms. The van der Waals surface area contributed by atoms with Gasteiger partial charge in [0.1, 0.15) is 0 Å². The van der Waals surface area contributed by atoms with Crippen molar-refractivity contribution in [1.82, 2.24) is 5.32 Å². The normalized spacial score (nSPS) is 12.9. The molecule has 0 aliphatic rings. The van der Waals surface area contributed by atoms with Crippen molar-refractivity contribution in [3.05, 3.63) is 24.3 Å². The molecule has 0 fully saturated rings. The van der Waals surface area contributed by atoms with Gasteiger partial charge in [0.2, 0.25) is 5.91 Å². The number of rotatable bonds is 18. The summed E-state index contributed by atoms with van der Waals surface area (Å²) in [6.07, 6.45) is 24.5. The average molecular weight is 366 g/mol.